The van der Waals surface area contributed by atoms with Crippen LogP contribution in [0, 0.1) is 12.3 Å². The number of para-hydroxylation sites is 1. The van der Waals surface area contributed by atoms with E-state index < -0.39 is 5.91 Å². The van der Waals surface area contributed by atoms with Crippen LogP contribution in [0.5, 0.6) is 0 Å². The monoisotopic (exact) mass is 296 g/mol. The van der Waals surface area contributed by atoms with Crippen molar-refractivity contribution in [2.24, 2.45) is 0 Å². The third-order valence-corrected chi connectivity index (χ3v) is 3.00. The van der Waals surface area contributed by atoms with Gasteiger partial charge in [0.2, 0.25) is 0 Å². The lowest BCUT2D eigenvalue weighted by Crippen LogP contribution is -2.25. The predicted molar refractivity (Wildman–Crippen MR) is 83.6 cm³/mol. The Morgan fingerprint density at radius 3 is 2.64 bits per heavy atom. The second-order valence-electron chi connectivity index (χ2n) is 4.51. The molecular formula is C17H16N2O3. The van der Waals surface area contributed by atoms with Gasteiger partial charge in [-0.2, -0.15) is 0 Å². The average molecular weight is 296 g/mol. The van der Waals surface area contributed by atoms with Crippen molar-refractivity contribution in [3.63, 3.8) is 0 Å². The molecule has 0 saturated carbocycles. The van der Waals surface area contributed by atoms with Gasteiger partial charge in [0, 0.05) is 6.42 Å². The lowest BCUT2D eigenvalue weighted by Gasteiger charge is -2.09. The summed E-state index contributed by atoms with van der Waals surface area (Å²) in [6.07, 6.45) is 5.83. The van der Waals surface area contributed by atoms with E-state index in [0.29, 0.717) is 17.7 Å². The quantitative estimate of drug-likeness (QED) is 0.833. The molecule has 0 unspecified atom stereocenters. The van der Waals surface area contributed by atoms with Crippen molar-refractivity contribution in [2.45, 2.75) is 13.3 Å². The highest BCUT2D eigenvalue weighted by molar-refractivity contribution is 6.07. The molecule has 5 heteroatoms. The first-order valence-corrected chi connectivity index (χ1v) is 6.86. The summed E-state index contributed by atoms with van der Waals surface area (Å²) in [4.78, 5) is 24.2. The molecule has 0 atom stereocenters. The van der Waals surface area contributed by atoms with Crippen LogP contribution >= 0.6 is 0 Å². The number of carbonyl (C=O) groups is 2. The Morgan fingerprint density at radius 2 is 1.95 bits per heavy atom. The van der Waals surface area contributed by atoms with Crippen molar-refractivity contribution < 1.29 is 14.0 Å². The van der Waals surface area contributed by atoms with E-state index in [1.165, 1.54) is 0 Å². The van der Waals surface area contributed by atoms with Crippen LogP contribution in [0.15, 0.2) is 40.8 Å². The van der Waals surface area contributed by atoms with E-state index in [2.05, 4.69) is 16.6 Å². The molecule has 0 aliphatic rings. The molecule has 0 saturated heterocycles. The first kappa shape index (κ1) is 15.4. The van der Waals surface area contributed by atoms with E-state index in [4.69, 9.17) is 10.8 Å². The van der Waals surface area contributed by atoms with Gasteiger partial charge in [-0.05, 0) is 24.3 Å². The molecule has 1 aromatic carbocycles. The minimum absolute atomic E-state index is 0.124. The Morgan fingerprint density at radius 1 is 1.18 bits per heavy atom. The topological polar surface area (TPSA) is 71.3 Å². The smallest absolute Gasteiger partial charge is 0.291 e. The summed E-state index contributed by atoms with van der Waals surface area (Å²) in [5.41, 5.74) is 0.741. The van der Waals surface area contributed by atoms with Gasteiger partial charge in [0.1, 0.15) is 5.76 Å². The van der Waals surface area contributed by atoms with Crippen LogP contribution in [0.1, 0.15) is 33.6 Å². The Kier molecular flexibility index (Phi) is 4.99. The summed E-state index contributed by atoms with van der Waals surface area (Å²) >= 11 is 0. The van der Waals surface area contributed by atoms with Gasteiger partial charge in [-0.3, -0.25) is 9.59 Å². The van der Waals surface area contributed by atoms with Gasteiger partial charge in [0.15, 0.2) is 5.76 Å². The zero-order valence-electron chi connectivity index (χ0n) is 12.2. The Labute approximate surface area is 128 Å². The van der Waals surface area contributed by atoms with E-state index in [1.54, 1.807) is 36.4 Å². The maximum absolute atomic E-state index is 12.2. The summed E-state index contributed by atoms with van der Waals surface area (Å²) < 4.78 is 5.39. The molecule has 5 nitrogen and oxygen atoms in total. The lowest BCUT2D eigenvalue weighted by atomic mass is 10.1. The molecule has 0 spiro atoms. The maximum atomic E-state index is 12.2. The molecule has 0 aliphatic heterocycles. The number of aryl methyl sites for hydroxylation is 1. The lowest BCUT2D eigenvalue weighted by molar-refractivity contribution is 0.0959. The Bertz CT molecular complexity index is 726. The highest BCUT2D eigenvalue weighted by atomic mass is 16.3. The molecule has 0 aliphatic carbocycles. The van der Waals surface area contributed by atoms with Gasteiger partial charge >= 0.3 is 0 Å². The maximum Gasteiger partial charge on any atom is 0.291 e. The second kappa shape index (κ2) is 7.14. The van der Waals surface area contributed by atoms with Gasteiger partial charge < -0.3 is 15.1 Å². The van der Waals surface area contributed by atoms with Crippen LogP contribution in [-0.2, 0) is 6.42 Å². The van der Waals surface area contributed by atoms with Gasteiger partial charge in [0.25, 0.3) is 11.8 Å². The van der Waals surface area contributed by atoms with Crippen molar-refractivity contribution in [3.8, 4) is 12.3 Å². The first-order chi connectivity index (χ1) is 10.7. The van der Waals surface area contributed by atoms with Crippen LogP contribution in [0.2, 0.25) is 0 Å². The fraction of sp³-hybridized carbons (Fsp3) is 0.176. The number of nitrogens with one attached hydrogen (secondary N) is 2. The third-order valence-electron chi connectivity index (χ3n) is 3.00. The van der Waals surface area contributed by atoms with Crippen LogP contribution in [0.25, 0.3) is 0 Å². The summed E-state index contributed by atoms with van der Waals surface area (Å²) in [5.74, 6) is 2.51. The van der Waals surface area contributed by atoms with Crippen molar-refractivity contribution in [1.82, 2.24) is 5.32 Å². The number of amides is 2. The largest absolute Gasteiger partial charge is 0.456 e. The van der Waals surface area contributed by atoms with Gasteiger partial charge in [-0.15, -0.1) is 6.42 Å². The summed E-state index contributed by atoms with van der Waals surface area (Å²) in [6.45, 7) is 2.06. The number of rotatable bonds is 5. The standard InChI is InChI=1S/C17H16N2O3/c1-3-11-18-16(20)13-7-5-6-8-14(13)19-17(21)15-10-9-12(4-2)22-15/h1,5-10H,4,11H2,2H3,(H,18,20)(H,19,21). The summed E-state index contributed by atoms with van der Waals surface area (Å²) in [7, 11) is 0. The molecule has 1 heterocycles. The molecule has 1 aromatic heterocycles. The zero-order chi connectivity index (χ0) is 15.9. The molecule has 2 amide bonds. The van der Waals surface area contributed by atoms with Gasteiger partial charge in [0.05, 0.1) is 17.8 Å². The zero-order valence-corrected chi connectivity index (χ0v) is 12.2. The number of hydrogen-bond acceptors (Lipinski definition) is 3. The summed E-state index contributed by atoms with van der Waals surface area (Å²) in [5, 5.41) is 5.24. The molecule has 2 aromatic rings. The molecule has 0 radical (unpaired) electrons. The molecule has 2 rings (SSSR count). The highest BCUT2D eigenvalue weighted by Gasteiger charge is 2.15. The SMILES string of the molecule is C#CCNC(=O)c1ccccc1NC(=O)c1ccc(CC)o1. The normalized spacial score (nSPS) is 9.82. The van der Waals surface area contributed by atoms with E-state index in [0.717, 1.165) is 5.76 Å². The van der Waals surface area contributed by atoms with Gasteiger partial charge in [-0.25, -0.2) is 0 Å². The fourth-order valence-corrected chi connectivity index (χ4v) is 1.89. The Hall–Kier alpha value is -3.00. The Balaban J connectivity index is 2.17. The van der Waals surface area contributed by atoms with Gasteiger partial charge in [-0.1, -0.05) is 25.0 Å². The van der Waals surface area contributed by atoms with Crippen LogP contribution < -0.4 is 10.6 Å². The minimum Gasteiger partial charge on any atom is -0.456 e. The van der Waals surface area contributed by atoms with Crippen molar-refractivity contribution in [2.75, 3.05) is 11.9 Å². The molecule has 2 N–H and O–H groups in total. The molecule has 22 heavy (non-hydrogen) atoms. The van der Waals surface area contributed by atoms with Crippen LogP contribution in [0.3, 0.4) is 0 Å². The molecule has 112 valence electrons. The van der Waals surface area contributed by atoms with Crippen molar-refractivity contribution in [1.29, 1.82) is 0 Å². The third kappa shape index (κ3) is 3.55. The predicted octanol–water partition coefficient (Wildman–Crippen LogP) is 2.46. The number of benzene rings is 1. The second-order valence-corrected chi connectivity index (χ2v) is 4.51. The number of hydrogen-bond donors (Lipinski definition) is 2. The fourth-order valence-electron chi connectivity index (χ4n) is 1.89. The molecular weight excluding hydrogens is 280 g/mol. The molecule has 0 bridgehead atoms. The van der Waals surface area contributed by atoms with E-state index >= 15 is 0 Å². The van der Waals surface area contributed by atoms with Crippen molar-refractivity contribution >= 4 is 17.5 Å². The van der Waals surface area contributed by atoms with Crippen LogP contribution in [0.4, 0.5) is 5.69 Å². The number of carbonyl (C=O) groups excluding carboxylic acids is 2. The average Bonchev–Trinajstić information content (AvgIpc) is 3.02. The van der Waals surface area contributed by atoms with E-state index in [-0.39, 0.29) is 18.2 Å². The van der Waals surface area contributed by atoms with E-state index in [9.17, 15) is 9.59 Å². The number of furan rings is 1. The van der Waals surface area contributed by atoms with Crippen LogP contribution in [-0.4, -0.2) is 18.4 Å². The molecule has 0 fully saturated rings. The van der Waals surface area contributed by atoms with E-state index in [1.807, 2.05) is 6.92 Å². The van der Waals surface area contributed by atoms with Crippen molar-refractivity contribution in [3.05, 3.63) is 53.5 Å². The summed E-state index contributed by atoms with van der Waals surface area (Å²) in [6, 6.07) is 10.1. The highest BCUT2D eigenvalue weighted by Crippen LogP contribution is 2.17. The number of anilines is 1. The number of terminal acetylenes is 1. The first-order valence-electron chi connectivity index (χ1n) is 6.86. The minimum atomic E-state index is -0.406.